The second-order valence-electron chi connectivity index (χ2n) is 6.84. The second kappa shape index (κ2) is 8.21. The van der Waals surface area contributed by atoms with Gasteiger partial charge in [-0.05, 0) is 32.3 Å². The third-order valence-electron chi connectivity index (χ3n) is 3.58. The Morgan fingerprint density at radius 2 is 1.69 bits per heavy atom. The third-order valence-corrected chi connectivity index (χ3v) is 3.58. The molecule has 1 N–H and O–H groups in total. The summed E-state index contributed by atoms with van der Waals surface area (Å²) in [5, 5.41) is 11.1. The Hall–Kier alpha value is -2.56. The summed E-state index contributed by atoms with van der Waals surface area (Å²) in [5.41, 5.74) is -0.345. The van der Waals surface area contributed by atoms with E-state index >= 15 is 0 Å². The van der Waals surface area contributed by atoms with E-state index in [9.17, 15) is 28.0 Å². The molecule has 1 rings (SSSR count). The summed E-state index contributed by atoms with van der Waals surface area (Å²) < 4.78 is 43.1. The molecule has 26 heavy (non-hydrogen) atoms. The quantitative estimate of drug-likeness (QED) is 0.807. The summed E-state index contributed by atoms with van der Waals surface area (Å²) >= 11 is 0. The van der Waals surface area contributed by atoms with E-state index in [1.54, 1.807) is 42.6 Å². The Bertz CT molecular complexity index is 676. The lowest BCUT2D eigenvalue weighted by molar-refractivity contribution is -0.177. The van der Waals surface area contributed by atoms with Gasteiger partial charge in [-0.15, -0.1) is 0 Å². The monoisotopic (exact) mass is 370 g/mol. The Morgan fingerprint density at radius 3 is 2.12 bits per heavy atom. The minimum Gasteiger partial charge on any atom is -0.458 e. The number of benzene rings is 1. The van der Waals surface area contributed by atoms with Gasteiger partial charge in [0.15, 0.2) is 0 Å². The average molecular weight is 370 g/mol. The highest BCUT2D eigenvalue weighted by molar-refractivity contribution is 5.88. The molecule has 0 aliphatic heterocycles. The number of nitrogens with zero attached hydrogens (tertiary/aromatic N) is 1. The lowest BCUT2D eigenvalue weighted by Crippen LogP contribution is -2.52. The molecule has 142 valence electrons. The van der Waals surface area contributed by atoms with Gasteiger partial charge >= 0.3 is 18.1 Å². The van der Waals surface area contributed by atoms with Gasteiger partial charge in [0.25, 0.3) is 0 Å². The Balaban J connectivity index is 3.21. The zero-order valence-corrected chi connectivity index (χ0v) is 14.9. The number of halogens is 3. The third kappa shape index (κ3) is 6.06. The van der Waals surface area contributed by atoms with Crippen LogP contribution in [0.4, 0.5) is 13.2 Å². The molecule has 0 fully saturated rings. The number of rotatable bonds is 5. The van der Waals surface area contributed by atoms with E-state index in [2.05, 4.69) is 0 Å². The number of nitrogens with one attached hydrogen (secondary N) is 1. The molecule has 3 atom stereocenters. The maximum absolute atomic E-state index is 12.7. The summed E-state index contributed by atoms with van der Waals surface area (Å²) in [6, 6.07) is 8.61. The fourth-order valence-corrected chi connectivity index (χ4v) is 2.32. The van der Waals surface area contributed by atoms with Gasteiger partial charge in [-0.25, -0.2) is 4.79 Å². The molecule has 0 saturated carbocycles. The van der Waals surface area contributed by atoms with Crippen LogP contribution in [0.3, 0.4) is 0 Å². The van der Waals surface area contributed by atoms with Crippen LogP contribution < -0.4 is 5.32 Å². The number of ether oxygens (including phenoxy) is 1. The van der Waals surface area contributed by atoms with Gasteiger partial charge in [0.05, 0.1) is 12.0 Å². The summed E-state index contributed by atoms with van der Waals surface area (Å²) in [6.45, 7) is 6.21. The van der Waals surface area contributed by atoms with Crippen molar-refractivity contribution in [2.45, 2.75) is 51.4 Å². The van der Waals surface area contributed by atoms with Crippen molar-refractivity contribution in [2.75, 3.05) is 0 Å². The standard InChI is InChI=1S/C18H21F3N2O3/c1-11(12-8-6-5-7-9-12)13(10-22)14(15(24)26-17(2,3)4)23-16(25)18(19,20)21/h5-9,11,13-14H,1-4H3,(H,23,25)/t11?,13-,14+/m1/s1. The Labute approximate surface area is 150 Å². The van der Waals surface area contributed by atoms with Crippen LogP contribution >= 0.6 is 0 Å². The van der Waals surface area contributed by atoms with E-state index in [1.165, 1.54) is 20.8 Å². The van der Waals surface area contributed by atoms with Gasteiger partial charge in [0, 0.05) is 0 Å². The van der Waals surface area contributed by atoms with Crippen molar-refractivity contribution < 1.29 is 27.5 Å². The van der Waals surface area contributed by atoms with Crippen LogP contribution in [0.1, 0.15) is 39.2 Å². The van der Waals surface area contributed by atoms with Gasteiger partial charge in [-0.3, -0.25) is 4.79 Å². The molecule has 1 amide bonds. The molecule has 8 heteroatoms. The lowest BCUT2D eigenvalue weighted by Gasteiger charge is -2.29. The van der Waals surface area contributed by atoms with Gasteiger partial charge in [0.2, 0.25) is 0 Å². The minimum atomic E-state index is -5.18. The van der Waals surface area contributed by atoms with Crippen molar-refractivity contribution in [3.63, 3.8) is 0 Å². The summed E-state index contributed by atoms with van der Waals surface area (Å²) in [6.07, 6.45) is -5.18. The molecule has 1 aromatic carbocycles. The average Bonchev–Trinajstić information content (AvgIpc) is 2.52. The molecule has 1 aromatic rings. The molecule has 0 aliphatic rings. The summed E-state index contributed by atoms with van der Waals surface area (Å²) in [5.74, 6) is -5.26. The number of hydrogen-bond donors (Lipinski definition) is 1. The minimum absolute atomic E-state index is 0.618. The highest BCUT2D eigenvalue weighted by Crippen LogP contribution is 2.28. The Kier molecular flexibility index (Phi) is 6.79. The zero-order valence-electron chi connectivity index (χ0n) is 14.9. The summed E-state index contributed by atoms with van der Waals surface area (Å²) in [7, 11) is 0. The first-order valence-electron chi connectivity index (χ1n) is 7.92. The van der Waals surface area contributed by atoms with Crippen LogP contribution in [0.5, 0.6) is 0 Å². The number of hydrogen-bond acceptors (Lipinski definition) is 4. The van der Waals surface area contributed by atoms with Gasteiger partial charge in [-0.2, -0.15) is 18.4 Å². The fraction of sp³-hybridized carbons (Fsp3) is 0.500. The van der Waals surface area contributed by atoms with E-state index in [0.29, 0.717) is 5.56 Å². The molecule has 0 saturated heterocycles. The van der Waals surface area contributed by atoms with Crippen LogP contribution in [0.25, 0.3) is 0 Å². The smallest absolute Gasteiger partial charge is 0.458 e. The first-order valence-corrected chi connectivity index (χ1v) is 7.92. The zero-order chi connectivity index (χ0) is 20.1. The van der Waals surface area contributed by atoms with E-state index in [-0.39, 0.29) is 0 Å². The van der Waals surface area contributed by atoms with Crippen molar-refractivity contribution in [1.29, 1.82) is 5.26 Å². The predicted molar refractivity (Wildman–Crippen MR) is 87.8 cm³/mol. The van der Waals surface area contributed by atoms with Crippen molar-refractivity contribution in [3.8, 4) is 6.07 Å². The van der Waals surface area contributed by atoms with Crippen LogP contribution in [0.2, 0.25) is 0 Å². The summed E-state index contributed by atoms with van der Waals surface area (Å²) in [4.78, 5) is 23.8. The highest BCUT2D eigenvalue weighted by Gasteiger charge is 2.44. The van der Waals surface area contributed by atoms with Crippen LogP contribution in [-0.4, -0.2) is 29.7 Å². The SMILES string of the molecule is CC(c1ccccc1)[C@@H](C#N)[C@H](NC(=O)C(F)(F)F)C(=O)OC(C)(C)C. The molecule has 0 radical (unpaired) electrons. The number of carbonyl (C=O) groups excluding carboxylic acids is 2. The molecule has 0 spiro atoms. The molecular formula is C18H21F3N2O3. The topological polar surface area (TPSA) is 79.2 Å². The normalized spacial score (nSPS) is 15.3. The van der Waals surface area contributed by atoms with Crippen LogP contribution in [0.15, 0.2) is 30.3 Å². The number of esters is 1. The van der Waals surface area contributed by atoms with Crippen LogP contribution in [-0.2, 0) is 14.3 Å². The first kappa shape index (κ1) is 21.5. The molecule has 1 unspecified atom stereocenters. The van der Waals surface area contributed by atoms with Gasteiger partial charge < -0.3 is 10.1 Å². The molecule has 0 aromatic heterocycles. The lowest BCUT2D eigenvalue weighted by atomic mass is 9.83. The highest BCUT2D eigenvalue weighted by atomic mass is 19.4. The molecule has 0 aliphatic carbocycles. The predicted octanol–water partition coefficient (Wildman–Crippen LogP) is 3.32. The number of carbonyl (C=O) groups is 2. The Morgan fingerprint density at radius 1 is 1.15 bits per heavy atom. The van der Waals surface area contributed by atoms with Gasteiger partial charge in [-0.1, -0.05) is 37.3 Å². The van der Waals surface area contributed by atoms with Crippen molar-refractivity contribution >= 4 is 11.9 Å². The maximum atomic E-state index is 12.7. The number of alkyl halides is 3. The van der Waals surface area contributed by atoms with Crippen molar-refractivity contribution in [2.24, 2.45) is 5.92 Å². The van der Waals surface area contributed by atoms with Gasteiger partial charge in [0.1, 0.15) is 11.6 Å². The molecule has 0 heterocycles. The van der Waals surface area contributed by atoms with E-state index in [0.717, 1.165) is 0 Å². The fourth-order valence-electron chi connectivity index (χ4n) is 2.32. The van der Waals surface area contributed by atoms with E-state index in [1.807, 2.05) is 6.07 Å². The van der Waals surface area contributed by atoms with E-state index < -0.39 is 41.5 Å². The largest absolute Gasteiger partial charge is 0.471 e. The maximum Gasteiger partial charge on any atom is 0.471 e. The van der Waals surface area contributed by atoms with Crippen molar-refractivity contribution in [1.82, 2.24) is 5.32 Å². The van der Waals surface area contributed by atoms with Crippen LogP contribution in [0, 0.1) is 17.2 Å². The number of amides is 1. The van der Waals surface area contributed by atoms with Crippen molar-refractivity contribution in [3.05, 3.63) is 35.9 Å². The number of nitriles is 1. The first-order chi connectivity index (χ1) is 11.9. The molecular weight excluding hydrogens is 349 g/mol. The molecule has 0 bridgehead atoms. The second-order valence-corrected chi connectivity index (χ2v) is 6.84. The molecule has 5 nitrogen and oxygen atoms in total. The van der Waals surface area contributed by atoms with E-state index in [4.69, 9.17) is 4.74 Å².